The Hall–Kier alpha value is -8.90. The highest BCUT2D eigenvalue weighted by atomic mass is 16.3. The predicted molar refractivity (Wildman–Crippen MR) is 261 cm³/mol. The lowest BCUT2D eigenvalue weighted by Crippen LogP contribution is -2.00. The van der Waals surface area contributed by atoms with E-state index in [-0.39, 0.29) is 0 Å². The SMILES string of the molecule is C#C/C=C\C=C(/C)c1cccc(-c2cccc(-c3nc(-c4ccc(-c5cccc(C#N)c5)cc4)nc(-c4ccc5c(c4)oc4cccc(-c6ccc(-c7ccccc7)cc6)c45)n3)c2)c1. The normalized spacial score (nSPS) is 11.5. The molecule has 0 atom stereocenters. The van der Waals surface area contributed by atoms with Crippen LogP contribution in [-0.4, -0.2) is 15.0 Å². The van der Waals surface area contributed by atoms with Crippen LogP contribution in [0.4, 0.5) is 0 Å². The van der Waals surface area contributed by atoms with Crippen LogP contribution in [0, 0.1) is 23.7 Å². The second-order valence-electron chi connectivity index (χ2n) is 15.5. The molecule has 0 N–H and O–H groups in total. The van der Waals surface area contributed by atoms with E-state index in [4.69, 9.17) is 25.8 Å². The van der Waals surface area contributed by atoms with E-state index in [1.165, 1.54) is 11.1 Å². The van der Waals surface area contributed by atoms with Crippen molar-refractivity contribution < 1.29 is 4.42 Å². The summed E-state index contributed by atoms with van der Waals surface area (Å²) in [5.74, 6) is 4.16. The summed E-state index contributed by atoms with van der Waals surface area (Å²) < 4.78 is 6.58. The monoisotopic (exact) mass is 818 g/mol. The summed E-state index contributed by atoms with van der Waals surface area (Å²) in [6.45, 7) is 2.08. The third-order valence-corrected chi connectivity index (χ3v) is 11.5. The minimum Gasteiger partial charge on any atom is -0.456 e. The lowest BCUT2D eigenvalue weighted by Gasteiger charge is -2.11. The molecule has 10 aromatic rings. The van der Waals surface area contributed by atoms with Crippen LogP contribution < -0.4 is 0 Å². The van der Waals surface area contributed by atoms with Gasteiger partial charge in [0, 0.05) is 27.5 Å². The summed E-state index contributed by atoms with van der Waals surface area (Å²) in [4.78, 5) is 15.3. The molecule has 5 nitrogen and oxygen atoms in total. The third kappa shape index (κ3) is 7.90. The van der Waals surface area contributed by atoms with Crippen molar-refractivity contribution in [1.29, 1.82) is 5.26 Å². The highest BCUT2D eigenvalue weighted by molar-refractivity contribution is 6.13. The number of nitrogens with zero attached hydrogens (tertiary/aromatic N) is 4. The molecule has 5 heteroatoms. The molecule has 64 heavy (non-hydrogen) atoms. The highest BCUT2D eigenvalue weighted by Crippen LogP contribution is 2.39. The Bertz CT molecular complexity index is 3510. The van der Waals surface area contributed by atoms with Gasteiger partial charge in [-0.3, -0.25) is 0 Å². The molecule has 8 aromatic carbocycles. The van der Waals surface area contributed by atoms with Crippen LogP contribution in [0.1, 0.15) is 18.1 Å². The van der Waals surface area contributed by atoms with E-state index in [1.54, 1.807) is 6.08 Å². The second kappa shape index (κ2) is 17.2. The largest absolute Gasteiger partial charge is 0.456 e. The highest BCUT2D eigenvalue weighted by Gasteiger charge is 2.18. The molecule has 300 valence electrons. The number of terminal acetylenes is 1. The van der Waals surface area contributed by atoms with Gasteiger partial charge >= 0.3 is 0 Å². The van der Waals surface area contributed by atoms with Gasteiger partial charge in [0.15, 0.2) is 17.5 Å². The molecule has 0 aliphatic heterocycles. The molecule has 0 spiro atoms. The van der Waals surface area contributed by atoms with E-state index in [0.29, 0.717) is 23.0 Å². The molecule has 0 radical (unpaired) electrons. The first kappa shape index (κ1) is 39.2. The van der Waals surface area contributed by atoms with Crippen molar-refractivity contribution in [2.24, 2.45) is 0 Å². The molecule has 0 aliphatic carbocycles. The van der Waals surface area contributed by atoms with Crippen LogP contribution in [0.15, 0.2) is 211 Å². The fourth-order valence-corrected chi connectivity index (χ4v) is 8.15. The first-order valence-corrected chi connectivity index (χ1v) is 21.0. The molecule has 10 rings (SSSR count). The minimum atomic E-state index is 0.526. The van der Waals surface area contributed by atoms with Gasteiger partial charge in [-0.25, -0.2) is 15.0 Å². The molecule has 0 aliphatic rings. The molecular weight excluding hydrogens is 781 g/mol. The first-order chi connectivity index (χ1) is 31.5. The Morgan fingerprint density at radius 3 is 1.78 bits per heavy atom. The number of hydrogen-bond acceptors (Lipinski definition) is 5. The van der Waals surface area contributed by atoms with Gasteiger partial charge in [0.05, 0.1) is 11.6 Å². The van der Waals surface area contributed by atoms with E-state index in [1.807, 2.05) is 97.1 Å². The van der Waals surface area contributed by atoms with E-state index in [9.17, 15) is 5.26 Å². The summed E-state index contributed by atoms with van der Waals surface area (Å²) >= 11 is 0. The van der Waals surface area contributed by atoms with Crippen LogP contribution in [0.25, 0.3) is 106 Å². The molecule has 0 unspecified atom stereocenters. The number of aromatic nitrogens is 3. The first-order valence-electron chi connectivity index (χ1n) is 21.0. The Kier molecular flexibility index (Phi) is 10.6. The summed E-state index contributed by atoms with van der Waals surface area (Å²) in [6.07, 6.45) is 11.0. The third-order valence-electron chi connectivity index (χ3n) is 11.5. The molecule has 0 fully saturated rings. The maximum absolute atomic E-state index is 9.50. The lowest BCUT2D eigenvalue weighted by atomic mass is 9.96. The van der Waals surface area contributed by atoms with Gasteiger partial charge in [-0.05, 0) is 111 Å². The molecule has 2 aromatic heterocycles. The molecule has 0 bridgehead atoms. The lowest BCUT2D eigenvalue weighted by molar-refractivity contribution is 0.669. The fourth-order valence-electron chi connectivity index (χ4n) is 8.15. The Labute approximate surface area is 372 Å². The Morgan fingerprint density at radius 1 is 0.500 bits per heavy atom. The maximum atomic E-state index is 9.50. The Balaban J connectivity index is 1.06. The molecule has 0 amide bonds. The summed E-state index contributed by atoms with van der Waals surface area (Å²) in [5, 5.41) is 11.6. The summed E-state index contributed by atoms with van der Waals surface area (Å²) in [7, 11) is 0. The minimum absolute atomic E-state index is 0.526. The topological polar surface area (TPSA) is 75.6 Å². The van der Waals surface area contributed by atoms with E-state index in [2.05, 4.69) is 122 Å². The molecule has 0 saturated heterocycles. The smallest absolute Gasteiger partial charge is 0.164 e. The van der Waals surface area contributed by atoms with Gasteiger partial charge < -0.3 is 4.42 Å². The van der Waals surface area contributed by atoms with Gasteiger partial charge in [0.2, 0.25) is 0 Å². The zero-order valence-electron chi connectivity index (χ0n) is 34.9. The van der Waals surface area contributed by atoms with Crippen LogP contribution in [0.5, 0.6) is 0 Å². The number of nitriles is 1. The Morgan fingerprint density at radius 2 is 1.05 bits per heavy atom. The maximum Gasteiger partial charge on any atom is 0.164 e. The van der Waals surface area contributed by atoms with Crippen LogP contribution in [0.2, 0.25) is 0 Å². The number of hydrogen-bond donors (Lipinski definition) is 0. The van der Waals surface area contributed by atoms with Crippen LogP contribution in [-0.2, 0) is 0 Å². The van der Waals surface area contributed by atoms with Gasteiger partial charge in [-0.15, -0.1) is 6.42 Å². The van der Waals surface area contributed by atoms with Crippen LogP contribution in [0.3, 0.4) is 0 Å². The molecule has 0 saturated carbocycles. The predicted octanol–water partition coefficient (Wildman–Crippen LogP) is 14.9. The van der Waals surface area contributed by atoms with Gasteiger partial charge in [-0.2, -0.15) is 5.26 Å². The average molecular weight is 819 g/mol. The standard InChI is InChI=1S/C59H38N4O/c1-3-4-6-13-39(2)46-17-10-19-48(35-46)49-20-11-21-50(36-49)58-61-57(45-30-26-43(27-31-45)47-18-9-14-40(34-47)38-60)62-59(63-58)51-32-33-53-55(37-51)64-54-23-12-22-52(56(53)54)44-28-24-42(25-29-44)41-15-7-5-8-16-41/h1,4-37H,2H3/b6-4-,39-13+. The molecular formula is C59H38N4O. The summed E-state index contributed by atoms with van der Waals surface area (Å²) in [6, 6.07) is 66.3. The number of furan rings is 1. The van der Waals surface area contributed by atoms with Gasteiger partial charge in [0.25, 0.3) is 0 Å². The van der Waals surface area contributed by atoms with Crippen molar-refractivity contribution in [3.63, 3.8) is 0 Å². The van der Waals surface area contributed by atoms with E-state index >= 15 is 0 Å². The number of benzene rings is 8. The van der Waals surface area contributed by atoms with Gasteiger partial charge in [0.1, 0.15) is 11.2 Å². The van der Waals surface area contributed by atoms with Crippen molar-refractivity contribution in [2.45, 2.75) is 6.92 Å². The summed E-state index contributed by atoms with van der Waals surface area (Å²) in [5.41, 5.74) is 15.5. The van der Waals surface area contributed by atoms with Crippen molar-refractivity contribution >= 4 is 27.5 Å². The zero-order chi connectivity index (χ0) is 43.4. The van der Waals surface area contributed by atoms with E-state index < -0.39 is 0 Å². The van der Waals surface area contributed by atoms with Crippen molar-refractivity contribution in [1.82, 2.24) is 15.0 Å². The zero-order valence-corrected chi connectivity index (χ0v) is 34.9. The van der Waals surface area contributed by atoms with Crippen molar-refractivity contribution in [2.75, 3.05) is 0 Å². The second-order valence-corrected chi connectivity index (χ2v) is 15.5. The van der Waals surface area contributed by atoms with Crippen LogP contribution >= 0.6 is 0 Å². The number of fused-ring (bicyclic) bond motifs is 3. The quantitative estimate of drug-likeness (QED) is 0.107. The van der Waals surface area contributed by atoms with Crippen molar-refractivity contribution in [3.05, 3.63) is 217 Å². The average Bonchev–Trinajstić information content (AvgIpc) is 3.75. The van der Waals surface area contributed by atoms with Gasteiger partial charge in [-0.1, -0.05) is 164 Å². The fraction of sp³-hybridized carbons (Fsp3) is 0.0169. The number of allylic oxidation sites excluding steroid dienone is 4. The number of rotatable bonds is 9. The molecule has 2 heterocycles. The van der Waals surface area contributed by atoms with E-state index in [0.717, 1.165) is 83.1 Å². The van der Waals surface area contributed by atoms with Crippen molar-refractivity contribution in [3.8, 4) is 97.1 Å².